The number of carbonyl (C=O) groups excluding carboxylic acids is 2. The van der Waals surface area contributed by atoms with Gasteiger partial charge in [-0.05, 0) is 46.4 Å². The van der Waals surface area contributed by atoms with E-state index in [0.717, 1.165) is 12.1 Å². The first kappa shape index (κ1) is 35.6. The summed E-state index contributed by atoms with van der Waals surface area (Å²) in [6.07, 6.45) is 0.0315. The van der Waals surface area contributed by atoms with Crippen molar-refractivity contribution in [3.8, 4) is 11.5 Å². The van der Waals surface area contributed by atoms with E-state index in [-0.39, 0.29) is 17.5 Å². The molecule has 0 aliphatic heterocycles. The lowest BCUT2D eigenvalue weighted by Crippen LogP contribution is -2.44. The van der Waals surface area contributed by atoms with Crippen LogP contribution in [0, 0.1) is 58.2 Å². The van der Waals surface area contributed by atoms with Crippen LogP contribution >= 0.6 is 0 Å². The monoisotopic (exact) mass is 764 g/mol. The maximum Gasteiger partial charge on any atom is 0.349 e. The van der Waals surface area contributed by atoms with E-state index in [1.54, 1.807) is 78.9 Å². The average Bonchev–Trinajstić information content (AvgIpc) is 3.19. The van der Waals surface area contributed by atoms with Gasteiger partial charge in [-0.15, -0.1) is 0 Å². The highest BCUT2D eigenvalue weighted by Crippen LogP contribution is 2.64. The third-order valence-electron chi connectivity index (χ3n) is 9.89. The molecule has 0 fully saturated rings. The van der Waals surface area contributed by atoms with Crippen LogP contribution in [0.3, 0.4) is 0 Å². The Morgan fingerprint density at radius 3 is 1.33 bits per heavy atom. The molecule has 0 unspecified atom stereocenters. The molecular formula is C41H18F10O4. The Kier molecular flexibility index (Phi) is 8.32. The molecule has 2 bridgehead atoms. The minimum absolute atomic E-state index is 0.0290. The molecule has 0 saturated carbocycles. The molecule has 0 spiro atoms. The van der Waals surface area contributed by atoms with Gasteiger partial charge in [-0.3, -0.25) is 0 Å². The second-order valence-electron chi connectivity index (χ2n) is 12.7. The Morgan fingerprint density at radius 1 is 0.473 bits per heavy atom. The van der Waals surface area contributed by atoms with E-state index in [2.05, 4.69) is 0 Å². The molecule has 14 heteroatoms. The van der Waals surface area contributed by atoms with Crippen molar-refractivity contribution in [3.63, 3.8) is 0 Å². The average molecular weight is 765 g/mol. The molecule has 6 aromatic rings. The summed E-state index contributed by atoms with van der Waals surface area (Å²) in [4.78, 5) is 26.9. The molecule has 9 rings (SSSR count). The first-order valence-electron chi connectivity index (χ1n) is 16.2. The number of esters is 2. The van der Waals surface area contributed by atoms with E-state index < -0.39 is 104 Å². The normalized spacial score (nSPS) is 16.3. The highest BCUT2D eigenvalue weighted by Gasteiger charge is 2.55. The summed E-state index contributed by atoms with van der Waals surface area (Å²) in [6, 6.07) is 24.3. The molecule has 3 aliphatic carbocycles. The second-order valence-corrected chi connectivity index (χ2v) is 12.7. The number of carbonyl (C=O) groups is 2. The number of hydrogen-bond donors (Lipinski definition) is 0. The number of ether oxygens (including phenoxy) is 2. The van der Waals surface area contributed by atoms with E-state index >= 15 is 0 Å². The number of rotatable bonds is 6. The quantitative estimate of drug-likeness (QED) is 0.0558. The summed E-state index contributed by atoms with van der Waals surface area (Å²) < 4.78 is 155. The lowest BCUT2D eigenvalue weighted by molar-refractivity contribution is 0.0700. The zero-order valence-corrected chi connectivity index (χ0v) is 27.4. The maximum atomic E-state index is 14.9. The zero-order chi connectivity index (χ0) is 39.1. The van der Waals surface area contributed by atoms with E-state index in [9.17, 15) is 53.5 Å². The Bertz CT molecular complexity index is 2540. The molecule has 55 heavy (non-hydrogen) atoms. The fourth-order valence-corrected chi connectivity index (χ4v) is 7.70. The van der Waals surface area contributed by atoms with Crippen LogP contribution in [-0.2, 0) is 11.8 Å². The van der Waals surface area contributed by atoms with Crippen LogP contribution in [-0.4, -0.2) is 11.9 Å². The first-order chi connectivity index (χ1) is 26.3. The molecule has 0 N–H and O–H groups in total. The molecule has 0 saturated heterocycles. The van der Waals surface area contributed by atoms with Crippen molar-refractivity contribution >= 4 is 11.9 Å². The molecule has 3 aliphatic rings. The van der Waals surface area contributed by atoms with E-state index in [1.165, 1.54) is 0 Å². The Balaban J connectivity index is 1.41. The summed E-state index contributed by atoms with van der Waals surface area (Å²) in [7, 11) is 0. The summed E-state index contributed by atoms with van der Waals surface area (Å²) in [6.45, 7) is 0. The standard InChI is InChI=1S/C41H18F10O4/c42-29-26(30(43)34(47)37(50)33(29)46)39(52)54-22-14-15-23(55-40(53)27-31(44)35(48)38(51)36(49)32(27)45)28-25(22)24-18-10-4-6-12-20(18)41(28,16-17-8-2-1-3-9-17)21-13-7-5-11-19(21)24/h1-15,24H,16H2. The molecule has 0 amide bonds. The fraction of sp³-hybridized carbons (Fsp3) is 0.0732. The molecule has 4 nitrogen and oxygen atoms in total. The minimum Gasteiger partial charge on any atom is -0.422 e. The lowest BCUT2D eigenvalue weighted by atomic mass is 9.51. The van der Waals surface area contributed by atoms with Crippen LogP contribution in [0.5, 0.6) is 11.5 Å². The van der Waals surface area contributed by atoms with Gasteiger partial charge in [-0.2, -0.15) is 0 Å². The molecule has 0 radical (unpaired) electrons. The lowest BCUT2D eigenvalue weighted by Gasteiger charge is -2.51. The van der Waals surface area contributed by atoms with Gasteiger partial charge in [0.1, 0.15) is 22.6 Å². The van der Waals surface area contributed by atoms with Crippen molar-refractivity contribution in [3.05, 3.63) is 199 Å². The SMILES string of the molecule is O=C(Oc1ccc(OC(=O)c2c(F)c(F)c(F)c(F)c2F)c2c1C1c3ccccc3C2(Cc2ccccc2)c2ccccc21)c1c(F)c(F)c(F)c(F)c1F. The Labute approximate surface area is 303 Å². The topological polar surface area (TPSA) is 52.6 Å². The second kappa shape index (κ2) is 12.9. The number of benzene rings is 6. The van der Waals surface area contributed by atoms with E-state index in [0.29, 0.717) is 27.8 Å². The Hall–Kier alpha value is -6.44. The smallest absolute Gasteiger partial charge is 0.349 e. The van der Waals surface area contributed by atoms with Gasteiger partial charge < -0.3 is 9.47 Å². The van der Waals surface area contributed by atoms with Gasteiger partial charge in [0.25, 0.3) is 0 Å². The van der Waals surface area contributed by atoms with Crippen molar-refractivity contribution in [1.29, 1.82) is 0 Å². The summed E-state index contributed by atoms with van der Waals surface area (Å²) in [5.74, 6) is -30.5. The predicted molar refractivity (Wildman–Crippen MR) is 173 cm³/mol. The van der Waals surface area contributed by atoms with Gasteiger partial charge in [0, 0.05) is 17.0 Å². The van der Waals surface area contributed by atoms with Crippen molar-refractivity contribution in [1.82, 2.24) is 0 Å². The highest BCUT2D eigenvalue weighted by atomic mass is 19.2. The summed E-state index contributed by atoms with van der Waals surface area (Å²) in [5.41, 5.74) is -2.34. The van der Waals surface area contributed by atoms with Crippen LogP contribution in [0.4, 0.5) is 43.9 Å². The van der Waals surface area contributed by atoms with E-state index in [1.807, 2.05) is 0 Å². The summed E-state index contributed by atoms with van der Waals surface area (Å²) >= 11 is 0. The van der Waals surface area contributed by atoms with Crippen LogP contribution in [0.15, 0.2) is 91.0 Å². The van der Waals surface area contributed by atoms with Gasteiger partial charge >= 0.3 is 11.9 Å². The molecule has 6 aromatic carbocycles. The molecular weight excluding hydrogens is 746 g/mol. The Morgan fingerprint density at radius 2 is 0.855 bits per heavy atom. The first-order valence-corrected chi connectivity index (χ1v) is 16.2. The van der Waals surface area contributed by atoms with Crippen molar-refractivity contribution < 1.29 is 63.0 Å². The fourth-order valence-electron chi connectivity index (χ4n) is 7.70. The molecule has 0 aromatic heterocycles. The van der Waals surface area contributed by atoms with Crippen LogP contribution in [0.2, 0.25) is 0 Å². The molecule has 0 atom stereocenters. The predicted octanol–water partition coefficient (Wildman–Crippen LogP) is 9.90. The number of hydrogen-bond acceptors (Lipinski definition) is 4. The van der Waals surface area contributed by atoms with Crippen LogP contribution in [0.1, 0.15) is 65.6 Å². The van der Waals surface area contributed by atoms with Crippen LogP contribution < -0.4 is 9.47 Å². The van der Waals surface area contributed by atoms with E-state index in [4.69, 9.17) is 9.47 Å². The van der Waals surface area contributed by atoms with Crippen LogP contribution in [0.25, 0.3) is 0 Å². The minimum atomic E-state index is -2.52. The van der Waals surface area contributed by atoms with Gasteiger partial charge in [0.2, 0.25) is 11.6 Å². The number of halogens is 10. The van der Waals surface area contributed by atoms with Crippen molar-refractivity contribution in [2.24, 2.45) is 0 Å². The third-order valence-corrected chi connectivity index (χ3v) is 9.89. The highest BCUT2D eigenvalue weighted by molar-refractivity contribution is 5.94. The molecule has 0 heterocycles. The van der Waals surface area contributed by atoms with Gasteiger partial charge in [-0.1, -0.05) is 78.9 Å². The van der Waals surface area contributed by atoms with Crippen molar-refractivity contribution in [2.75, 3.05) is 0 Å². The summed E-state index contributed by atoms with van der Waals surface area (Å²) in [5, 5.41) is 0. The van der Waals surface area contributed by atoms with Gasteiger partial charge in [-0.25, -0.2) is 53.5 Å². The maximum absolute atomic E-state index is 14.9. The molecule has 276 valence electrons. The van der Waals surface area contributed by atoms with Crippen molar-refractivity contribution in [2.45, 2.75) is 17.8 Å². The van der Waals surface area contributed by atoms with Gasteiger partial charge in [0.15, 0.2) is 46.5 Å². The largest absolute Gasteiger partial charge is 0.422 e. The third kappa shape index (κ3) is 5.07. The van der Waals surface area contributed by atoms with Gasteiger partial charge in [0.05, 0.1) is 5.41 Å². The zero-order valence-electron chi connectivity index (χ0n) is 27.4.